The van der Waals surface area contributed by atoms with Crippen molar-refractivity contribution in [3.05, 3.63) is 34.6 Å². The third kappa shape index (κ3) is 4.43. The van der Waals surface area contributed by atoms with Crippen LogP contribution in [0.3, 0.4) is 0 Å². The van der Waals surface area contributed by atoms with E-state index in [1.807, 2.05) is 6.07 Å². The molecule has 0 saturated heterocycles. The van der Waals surface area contributed by atoms with Crippen molar-refractivity contribution in [1.29, 1.82) is 0 Å². The molecule has 1 N–H and O–H groups in total. The van der Waals surface area contributed by atoms with Gasteiger partial charge in [0.1, 0.15) is 5.82 Å². The summed E-state index contributed by atoms with van der Waals surface area (Å²) in [6.07, 6.45) is 7.05. The highest BCUT2D eigenvalue weighted by Crippen LogP contribution is 2.35. The van der Waals surface area contributed by atoms with Crippen LogP contribution in [0.5, 0.6) is 0 Å². The molecule has 1 nitrogen and oxygen atoms in total. The standard InChI is InChI=1S/C18H27ClFN/c1-3-10-21-17-9-8-13(4-2)11-15(17)12-14-6-5-7-16(20)18(14)19/h5-7,13,15,17,21H,3-4,8-12H2,1-2H3. The molecular weight excluding hydrogens is 285 g/mol. The summed E-state index contributed by atoms with van der Waals surface area (Å²) in [6, 6.07) is 5.73. The van der Waals surface area contributed by atoms with E-state index in [-0.39, 0.29) is 5.82 Å². The van der Waals surface area contributed by atoms with Crippen LogP contribution in [0.15, 0.2) is 18.2 Å². The zero-order valence-electron chi connectivity index (χ0n) is 13.2. The molecule has 0 aliphatic heterocycles. The summed E-state index contributed by atoms with van der Waals surface area (Å²) in [5.41, 5.74) is 0.960. The van der Waals surface area contributed by atoms with Gasteiger partial charge in [0, 0.05) is 6.04 Å². The summed E-state index contributed by atoms with van der Waals surface area (Å²) in [5.74, 6) is 1.08. The largest absolute Gasteiger partial charge is 0.314 e. The minimum absolute atomic E-state index is 0.296. The smallest absolute Gasteiger partial charge is 0.142 e. The van der Waals surface area contributed by atoms with Gasteiger partial charge in [0.25, 0.3) is 0 Å². The summed E-state index contributed by atoms with van der Waals surface area (Å²) in [4.78, 5) is 0. The van der Waals surface area contributed by atoms with E-state index in [9.17, 15) is 4.39 Å². The molecule has 3 atom stereocenters. The van der Waals surface area contributed by atoms with Gasteiger partial charge in [-0.05, 0) is 62.1 Å². The fourth-order valence-corrected chi connectivity index (χ4v) is 3.75. The molecule has 3 heteroatoms. The Bertz CT molecular complexity index is 449. The van der Waals surface area contributed by atoms with Crippen molar-refractivity contribution in [3.63, 3.8) is 0 Å². The molecule has 21 heavy (non-hydrogen) atoms. The number of hydrogen-bond donors (Lipinski definition) is 1. The highest BCUT2D eigenvalue weighted by Gasteiger charge is 2.30. The Balaban J connectivity index is 2.09. The molecule has 0 aromatic heterocycles. The first-order chi connectivity index (χ1) is 10.2. The summed E-state index contributed by atoms with van der Waals surface area (Å²) in [6.45, 7) is 5.54. The van der Waals surface area contributed by atoms with Crippen molar-refractivity contribution in [2.24, 2.45) is 11.8 Å². The van der Waals surface area contributed by atoms with Gasteiger partial charge in [-0.2, -0.15) is 0 Å². The predicted octanol–water partition coefficient (Wildman–Crippen LogP) is 5.22. The van der Waals surface area contributed by atoms with Gasteiger partial charge in [-0.25, -0.2) is 4.39 Å². The molecule has 1 aliphatic rings. The molecule has 1 fully saturated rings. The van der Waals surface area contributed by atoms with Gasteiger partial charge in [-0.15, -0.1) is 0 Å². The molecule has 1 aromatic rings. The molecule has 2 rings (SSSR count). The van der Waals surface area contributed by atoms with E-state index in [0.29, 0.717) is 17.0 Å². The van der Waals surface area contributed by atoms with E-state index in [1.54, 1.807) is 6.07 Å². The number of hydrogen-bond acceptors (Lipinski definition) is 1. The van der Waals surface area contributed by atoms with Crippen molar-refractivity contribution in [1.82, 2.24) is 5.32 Å². The van der Waals surface area contributed by atoms with Crippen molar-refractivity contribution < 1.29 is 4.39 Å². The monoisotopic (exact) mass is 311 g/mol. The maximum atomic E-state index is 13.6. The average Bonchev–Trinajstić information content (AvgIpc) is 2.50. The van der Waals surface area contributed by atoms with Gasteiger partial charge in [-0.3, -0.25) is 0 Å². The topological polar surface area (TPSA) is 12.0 Å². The van der Waals surface area contributed by atoms with Crippen LogP contribution >= 0.6 is 11.6 Å². The Morgan fingerprint density at radius 2 is 2.10 bits per heavy atom. The van der Waals surface area contributed by atoms with Crippen LogP contribution in [0.2, 0.25) is 5.02 Å². The molecule has 3 unspecified atom stereocenters. The number of benzene rings is 1. The van der Waals surface area contributed by atoms with Crippen molar-refractivity contribution in [3.8, 4) is 0 Å². The van der Waals surface area contributed by atoms with Crippen molar-refractivity contribution >= 4 is 11.6 Å². The molecule has 0 amide bonds. The molecular formula is C18H27ClFN. The highest BCUT2D eigenvalue weighted by molar-refractivity contribution is 6.31. The number of rotatable bonds is 6. The Morgan fingerprint density at radius 1 is 1.29 bits per heavy atom. The van der Waals surface area contributed by atoms with Crippen molar-refractivity contribution in [2.45, 2.75) is 58.4 Å². The van der Waals surface area contributed by atoms with Crippen LogP contribution < -0.4 is 5.32 Å². The van der Waals surface area contributed by atoms with Crippen LogP contribution in [0.4, 0.5) is 4.39 Å². The minimum atomic E-state index is -0.296. The predicted molar refractivity (Wildman–Crippen MR) is 88.3 cm³/mol. The van der Waals surface area contributed by atoms with Crippen LogP contribution in [-0.4, -0.2) is 12.6 Å². The van der Waals surface area contributed by atoms with Crippen LogP contribution in [0.25, 0.3) is 0 Å². The quantitative estimate of drug-likeness (QED) is 0.760. The zero-order chi connectivity index (χ0) is 15.2. The van der Waals surface area contributed by atoms with Gasteiger partial charge in [0.05, 0.1) is 5.02 Å². The Hall–Kier alpha value is -0.600. The molecule has 1 aliphatic carbocycles. The first kappa shape index (κ1) is 16.8. The summed E-state index contributed by atoms with van der Waals surface area (Å²) >= 11 is 6.14. The second kappa shape index (κ2) is 8.14. The lowest BCUT2D eigenvalue weighted by Gasteiger charge is -2.37. The van der Waals surface area contributed by atoms with Gasteiger partial charge < -0.3 is 5.32 Å². The van der Waals surface area contributed by atoms with E-state index in [4.69, 9.17) is 11.6 Å². The fourth-order valence-electron chi connectivity index (χ4n) is 3.54. The molecule has 1 aromatic carbocycles. The zero-order valence-corrected chi connectivity index (χ0v) is 13.9. The maximum absolute atomic E-state index is 13.6. The molecule has 0 heterocycles. The Kier molecular flexibility index (Phi) is 6.50. The SMILES string of the molecule is CCCNC1CCC(CC)CC1Cc1cccc(F)c1Cl. The maximum Gasteiger partial charge on any atom is 0.142 e. The fraction of sp³-hybridized carbons (Fsp3) is 0.667. The van der Waals surface area contributed by atoms with E-state index in [2.05, 4.69) is 19.2 Å². The van der Waals surface area contributed by atoms with E-state index in [0.717, 1.165) is 30.9 Å². The van der Waals surface area contributed by atoms with Gasteiger partial charge in [0.15, 0.2) is 0 Å². The van der Waals surface area contributed by atoms with Gasteiger partial charge >= 0.3 is 0 Å². The van der Waals surface area contributed by atoms with Crippen molar-refractivity contribution in [2.75, 3.05) is 6.54 Å². The van der Waals surface area contributed by atoms with Gasteiger partial charge in [0.2, 0.25) is 0 Å². The normalized spacial score (nSPS) is 26.0. The lowest BCUT2D eigenvalue weighted by molar-refractivity contribution is 0.198. The number of nitrogens with one attached hydrogen (secondary N) is 1. The van der Waals surface area contributed by atoms with Gasteiger partial charge in [-0.1, -0.05) is 44.0 Å². The van der Waals surface area contributed by atoms with E-state index >= 15 is 0 Å². The molecule has 0 bridgehead atoms. The third-order valence-electron chi connectivity index (χ3n) is 4.84. The third-order valence-corrected chi connectivity index (χ3v) is 5.26. The summed E-state index contributed by atoms with van der Waals surface area (Å²) < 4.78 is 13.6. The Labute approximate surface area is 133 Å². The number of halogens is 2. The molecule has 0 radical (unpaired) electrons. The first-order valence-electron chi connectivity index (χ1n) is 8.31. The molecule has 0 spiro atoms. The van der Waals surface area contributed by atoms with Crippen LogP contribution in [0, 0.1) is 17.7 Å². The lowest BCUT2D eigenvalue weighted by atomic mass is 9.74. The summed E-state index contributed by atoms with van der Waals surface area (Å²) in [5, 5.41) is 3.99. The first-order valence-corrected chi connectivity index (χ1v) is 8.69. The Morgan fingerprint density at radius 3 is 2.81 bits per heavy atom. The van der Waals surface area contributed by atoms with E-state index in [1.165, 1.54) is 31.7 Å². The van der Waals surface area contributed by atoms with Crippen LogP contribution in [0.1, 0.15) is 51.5 Å². The molecule has 118 valence electrons. The molecule has 1 saturated carbocycles. The lowest BCUT2D eigenvalue weighted by Crippen LogP contribution is -2.42. The van der Waals surface area contributed by atoms with E-state index < -0.39 is 0 Å². The second-order valence-corrected chi connectivity index (χ2v) is 6.70. The average molecular weight is 312 g/mol. The minimum Gasteiger partial charge on any atom is -0.314 e. The second-order valence-electron chi connectivity index (χ2n) is 6.33. The highest BCUT2D eigenvalue weighted by atomic mass is 35.5. The van der Waals surface area contributed by atoms with Crippen LogP contribution in [-0.2, 0) is 6.42 Å². The summed E-state index contributed by atoms with van der Waals surface area (Å²) in [7, 11) is 0.